The van der Waals surface area contributed by atoms with Gasteiger partial charge in [0.05, 0.1) is 5.69 Å². The summed E-state index contributed by atoms with van der Waals surface area (Å²) in [5, 5.41) is 0. The largest absolute Gasteiger partial charge is 0.300 e. The van der Waals surface area contributed by atoms with E-state index in [-0.39, 0.29) is 4.90 Å². The first kappa shape index (κ1) is 14.3. The second-order valence-electron chi connectivity index (χ2n) is 4.28. The number of hydrazine groups is 1. The summed E-state index contributed by atoms with van der Waals surface area (Å²) in [6.07, 6.45) is 1.32. The van der Waals surface area contributed by atoms with Gasteiger partial charge in [-0.3, -0.25) is 10.9 Å². The molecule has 0 saturated carbocycles. The number of anilines is 2. The average molecular weight is 292 g/mol. The van der Waals surface area contributed by atoms with E-state index < -0.39 is 10.0 Å². The van der Waals surface area contributed by atoms with Gasteiger partial charge in [-0.25, -0.2) is 17.7 Å². The smallest absolute Gasteiger partial charge is 0.244 e. The molecule has 0 unspecified atom stereocenters. The van der Waals surface area contributed by atoms with Crippen LogP contribution < -0.4 is 10.9 Å². The van der Waals surface area contributed by atoms with Gasteiger partial charge in [0.25, 0.3) is 0 Å². The number of hydrogen-bond acceptors (Lipinski definition) is 5. The van der Waals surface area contributed by atoms with E-state index in [4.69, 9.17) is 0 Å². The first-order valence-corrected chi connectivity index (χ1v) is 7.40. The Labute approximate surface area is 118 Å². The van der Waals surface area contributed by atoms with Gasteiger partial charge in [-0.05, 0) is 24.3 Å². The second kappa shape index (κ2) is 5.89. The molecule has 2 rings (SSSR count). The van der Waals surface area contributed by atoms with Crippen LogP contribution in [0.1, 0.15) is 0 Å². The first-order valence-electron chi connectivity index (χ1n) is 5.96. The maximum absolute atomic E-state index is 11.9. The summed E-state index contributed by atoms with van der Waals surface area (Å²) in [6.45, 7) is 0. The Morgan fingerprint density at radius 2 is 1.70 bits per heavy atom. The molecule has 0 bridgehead atoms. The highest BCUT2D eigenvalue weighted by molar-refractivity contribution is 7.89. The molecule has 0 aliphatic carbocycles. The van der Waals surface area contributed by atoms with Crippen molar-refractivity contribution >= 4 is 21.5 Å². The standard InChI is InChI=1S/C13H16N4O2S/c1-17(2)20(18,19)12-8-9-13(14-10-12)16-15-11-6-4-3-5-7-11/h3-10,15H,1-2H3,(H,14,16). The van der Waals surface area contributed by atoms with Crippen molar-refractivity contribution in [1.29, 1.82) is 0 Å². The highest BCUT2D eigenvalue weighted by Gasteiger charge is 2.17. The fourth-order valence-corrected chi connectivity index (χ4v) is 2.32. The number of rotatable bonds is 5. The quantitative estimate of drug-likeness (QED) is 0.822. The van der Waals surface area contributed by atoms with Gasteiger partial charge in [0.2, 0.25) is 10.0 Å². The first-order chi connectivity index (χ1) is 9.50. The van der Waals surface area contributed by atoms with Crippen molar-refractivity contribution in [1.82, 2.24) is 9.29 Å². The van der Waals surface area contributed by atoms with Gasteiger partial charge >= 0.3 is 0 Å². The van der Waals surface area contributed by atoms with Crippen LogP contribution in [0.2, 0.25) is 0 Å². The molecular weight excluding hydrogens is 276 g/mol. The topological polar surface area (TPSA) is 74.3 Å². The number of nitrogens with one attached hydrogen (secondary N) is 2. The minimum atomic E-state index is -3.44. The lowest BCUT2D eigenvalue weighted by atomic mass is 10.3. The third-order valence-electron chi connectivity index (χ3n) is 2.62. The summed E-state index contributed by atoms with van der Waals surface area (Å²) in [4.78, 5) is 4.22. The van der Waals surface area contributed by atoms with Gasteiger partial charge in [0.1, 0.15) is 10.7 Å². The Hall–Kier alpha value is -2.12. The summed E-state index contributed by atoms with van der Waals surface area (Å²) < 4.78 is 24.9. The lowest BCUT2D eigenvalue weighted by Crippen LogP contribution is -2.22. The van der Waals surface area contributed by atoms with Crippen LogP contribution >= 0.6 is 0 Å². The van der Waals surface area contributed by atoms with E-state index in [0.717, 1.165) is 9.99 Å². The molecule has 1 aromatic carbocycles. The van der Waals surface area contributed by atoms with Crippen molar-refractivity contribution in [3.05, 3.63) is 48.7 Å². The number of pyridine rings is 1. The third kappa shape index (κ3) is 3.25. The molecule has 20 heavy (non-hydrogen) atoms. The van der Waals surface area contributed by atoms with Crippen LogP contribution in [0.4, 0.5) is 11.5 Å². The number of para-hydroxylation sites is 1. The summed E-state index contributed by atoms with van der Waals surface area (Å²) >= 11 is 0. The maximum Gasteiger partial charge on any atom is 0.244 e. The van der Waals surface area contributed by atoms with E-state index in [1.54, 1.807) is 6.07 Å². The molecule has 6 nitrogen and oxygen atoms in total. The molecule has 1 heterocycles. The zero-order valence-electron chi connectivity index (χ0n) is 11.2. The number of nitrogens with zero attached hydrogens (tertiary/aromatic N) is 2. The lowest BCUT2D eigenvalue weighted by Gasteiger charge is -2.12. The van der Waals surface area contributed by atoms with Gasteiger partial charge in [-0.1, -0.05) is 18.2 Å². The molecule has 2 N–H and O–H groups in total. The molecule has 2 aromatic rings. The monoisotopic (exact) mass is 292 g/mol. The summed E-state index contributed by atoms with van der Waals surface area (Å²) in [7, 11) is -0.469. The average Bonchev–Trinajstić information content (AvgIpc) is 2.46. The highest BCUT2D eigenvalue weighted by Crippen LogP contribution is 2.14. The van der Waals surface area contributed by atoms with E-state index in [1.807, 2.05) is 30.3 Å². The zero-order chi connectivity index (χ0) is 14.6. The van der Waals surface area contributed by atoms with Crippen LogP contribution in [0.25, 0.3) is 0 Å². The second-order valence-corrected chi connectivity index (χ2v) is 6.43. The number of aromatic nitrogens is 1. The van der Waals surface area contributed by atoms with E-state index in [0.29, 0.717) is 5.82 Å². The fourth-order valence-electron chi connectivity index (χ4n) is 1.48. The Morgan fingerprint density at radius 3 is 2.25 bits per heavy atom. The van der Waals surface area contributed by atoms with Crippen molar-refractivity contribution in [3.63, 3.8) is 0 Å². The molecule has 1 aromatic heterocycles. The van der Waals surface area contributed by atoms with E-state index >= 15 is 0 Å². The van der Waals surface area contributed by atoms with Crippen molar-refractivity contribution in [3.8, 4) is 0 Å². The predicted molar refractivity (Wildman–Crippen MR) is 78.8 cm³/mol. The van der Waals surface area contributed by atoms with Crippen LogP contribution in [0.15, 0.2) is 53.6 Å². The number of hydrogen-bond donors (Lipinski definition) is 2. The van der Waals surface area contributed by atoms with E-state index in [9.17, 15) is 8.42 Å². The zero-order valence-corrected chi connectivity index (χ0v) is 12.1. The molecule has 0 atom stereocenters. The van der Waals surface area contributed by atoms with Crippen molar-refractivity contribution in [2.45, 2.75) is 4.90 Å². The van der Waals surface area contributed by atoms with Crippen molar-refractivity contribution in [2.75, 3.05) is 24.9 Å². The highest BCUT2D eigenvalue weighted by atomic mass is 32.2. The number of benzene rings is 1. The van der Waals surface area contributed by atoms with Gasteiger partial charge in [0, 0.05) is 20.3 Å². The Kier molecular flexibility index (Phi) is 4.21. The minimum absolute atomic E-state index is 0.160. The van der Waals surface area contributed by atoms with Gasteiger partial charge in [0.15, 0.2) is 0 Å². The molecule has 0 aliphatic rings. The molecule has 0 saturated heterocycles. The molecule has 0 aliphatic heterocycles. The molecule has 7 heteroatoms. The van der Waals surface area contributed by atoms with Crippen LogP contribution in [0.5, 0.6) is 0 Å². The van der Waals surface area contributed by atoms with Crippen LogP contribution in [0.3, 0.4) is 0 Å². The molecule has 106 valence electrons. The maximum atomic E-state index is 11.9. The SMILES string of the molecule is CN(C)S(=O)(=O)c1ccc(NNc2ccccc2)nc1. The Bertz CT molecular complexity index is 655. The fraction of sp³-hybridized carbons (Fsp3) is 0.154. The molecule has 0 fully saturated rings. The van der Waals surface area contributed by atoms with Gasteiger partial charge < -0.3 is 0 Å². The summed E-state index contributed by atoms with van der Waals surface area (Å²) in [6, 6.07) is 12.7. The summed E-state index contributed by atoms with van der Waals surface area (Å²) in [5.41, 5.74) is 6.76. The van der Waals surface area contributed by atoms with Gasteiger partial charge in [-0.15, -0.1) is 0 Å². The van der Waals surface area contributed by atoms with Crippen LogP contribution in [-0.4, -0.2) is 31.8 Å². The molecule has 0 spiro atoms. The van der Waals surface area contributed by atoms with Gasteiger partial charge in [-0.2, -0.15) is 0 Å². The third-order valence-corrected chi connectivity index (χ3v) is 4.42. The van der Waals surface area contributed by atoms with E-state index in [2.05, 4.69) is 15.8 Å². The molecule has 0 amide bonds. The Morgan fingerprint density at radius 1 is 1.00 bits per heavy atom. The molecular formula is C13H16N4O2S. The summed E-state index contributed by atoms with van der Waals surface area (Å²) in [5.74, 6) is 0.534. The van der Waals surface area contributed by atoms with Crippen molar-refractivity contribution in [2.24, 2.45) is 0 Å². The number of sulfonamides is 1. The lowest BCUT2D eigenvalue weighted by molar-refractivity contribution is 0.520. The van der Waals surface area contributed by atoms with E-state index in [1.165, 1.54) is 26.4 Å². The Balaban J connectivity index is 2.06. The minimum Gasteiger partial charge on any atom is -0.300 e. The van der Waals surface area contributed by atoms with Crippen LogP contribution in [-0.2, 0) is 10.0 Å². The van der Waals surface area contributed by atoms with Crippen molar-refractivity contribution < 1.29 is 8.42 Å². The normalized spacial score (nSPS) is 11.3. The predicted octanol–water partition coefficient (Wildman–Crippen LogP) is 1.77. The van der Waals surface area contributed by atoms with Crippen LogP contribution in [0, 0.1) is 0 Å². The molecule has 0 radical (unpaired) electrons.